The molecule has 1 aliphatic rings. The third-order valence-electron chi connectivity index (χ3n) is 6.28. The van der Waals surface area contributed by atoms with Crippen LogP contribution in [0.5, 0.6) is 0 Å². The molecular formula is C26H34N2O2. The Morgan fingerprint density at radius 1 is 1.03 bits per heavy atom. The quantitative estimate of drug-likeness (QED) is 0.806. The summed E-state index contributed by atoms with van der Waals surface area (Å²) in [4.78, 5) is 27.6. The number of nitrogens with zero attached hydrogens (tertiary/aromatic N) is 1. The zero-order valence-electron chi connectivity index (χ0n) is 18.9. The van der Waals surface area contributed by atoms with Crippen LogP contribution >= 0.6 is 0 Å². The first-order valence-electron chi connectivity index (χ1n) is 10.8. The highest BCUT2D eigenvalue weighted by atomic mass is 16.2. The van der Waals surface area contributed by atoms with Gasteiger partial charge in [-0.3, -0.25) is 9.59 Å². The van der Waals surface area contributed by atoms with Gasteiger partial charge in [0.05, 0.1) is 5.41 Å². The molecule has 4 heteroatoms. The molecule has 2 aromatic carbocycles. The Morgan fingerprint density at radius 2 is 1.70 bits per heavy atom. The van der Waals surface area contributed by atoms with E-state index in [4.69, 9.17) is 0 Å². The van der Waals surface area contributed by atoms with Gasteiger partial charge in [-0.05, 0) is 48.4 Å². The lowest BCUT2D eigenvalue weighted by atomic mass is 9.72. The van der Waals surface area contributed by atoms with Gasteiger partial charge >= 0.3 is 0 Å². The Bertz CT molecular complexity index is 919. The third kappa shape index (κ3) is 4.58. The summed E-state index contributed by atoms with van der Waals surface area (Å²) in [5.74, 6) is 0.237. The van der Waals surface area contributed by atoms with Crippen molar-refractivity contribution < 1.29 is 9.59 Å². The third-order valence-corrected chi connectivity index (χ3v) is 6.28. The lowest BCUT2D eigenvalue weighted by Gasteiger charge is -2.42. The number of likely N-dealkylation sites (tertiary alicyclic amines) is 1. The van der Waals surface area contributed by atoms with E-state index in [1.165, 1.54) is 16.7 Å². The molecule has 0 radical (unpaired) electrons. The van der Waals surface area contributed by atoms with Gasteiger partial charge in [0.15, 0.2) is 0 Å². The Morgan fingerprint density at radius 3 is 2.30 bits per heavy atom. The molecule has 2 aromatic rings. The maximum absolute atomic E-state index is 13.0. The summed E-state index contributed by atoms with van der Waals surface area (Å²) < 4.78 is 0. The molecule has 0 aromatic heterocycles. The maximum atomic E-state index is 13.0. The summed E-state index contributed by atoms with van der Waals surface area (Å²) in [6.07, 6.45) is 2.05. The minimum Gasteiger partial charge on any atom is -0.359 e. The Labute approximate surface area is 180 Å². The average Bonchev–Trinajstić information content (AvgIpc) is 2.73. The standard InChI is InChI=1S/C26H34N2O2/c1-19-9-6-7-12-22(19)21-11-8-10-20(17-21)18-26(23(29)27-5)13-15-28(16-14-26)24(30)25(2,3)4/h6-12,17H,13-16,18H2,1-5H3,(H,27,29). The first-order valence-corrected chi connectivity index (χ1v) is 10.8. The van der Waals surface area contributed by atoms with Gasteiger partial charge in [0.1, 0.15) is 0 Å². The smallest absolute Gasteiger partial charge is 0.227 e. The van der Waals surface area contributed by atoms with Crippen molar-refractivity contribution in [3.05, 3.63) is 59.7 Å². The summed E-state index contributed by atoms with van der Waals surface area (Å²) in [5.41, 5.74) is 3.93. The van der Waals surface area contributed by atoms with Crippen molar-refractivity contribution in [2.45, 2.75) is 47.0 Å². The van der Waals surface area contributed by atoms with Gasteiger partial charge in [0.25, 0.3) is 0 Å². The van der Waals surface area contributed by atoms with Crippen LogP contribution in [-0.2, 0) is 16.0 Å². The number of hydrogen-bond donors (Lipinski definition) is 1. The zero-order valence-corrected chi connectivity index (χ0v) is 18.9. The van der Waals surface area contributed by atoms with Gasteiger partial charge in [0, 0.05) is 25.6 Å². The molecule has 30 heavy (non-hydrogen) atoms. The van der Waals surface area contributed by atoms with Crippen LogP contribution in [-0.4, -0.2) is 36.9 Å². The second-order valence-corrected chi connectivity index (χ2v) is 9.59. The van der Waals surface area contributed by atoms with E-state index in [1.807, 2.05) is 25.7 Å². The van der Waals surface area contributed by atoms with Crippen LogP contribution in [0.1, 0.15) is 44.7 Å². The highest BCUT2D eigenvalue weighted by Crippen LogP contribution is 2.37. The van der Waals surface area contributed by atoms with Crippen LogP contribution in [0.25, 0.3) is 11.1 Å². The molecule has 2 amide bonds. The lowest BCUT2D eigenvalue weighted by Crippen LogP contribution is -2.52. The first kappa shape index (κ1) is 22.1. The van der Waals surface area contributed by atoms with Gasteiger partial charge in [-0.25, -0.2) is 0 Å². The molecule has 0 atom stereocenters. The van der Waals surface area contributed by atoms with Gasteiger partial charge in [-0.1, -0.05) is 69.3 Å². The second-order valence-electron chi connectivity index (χ2n) is 9.59. The fourth-order valence-electron chi connectivity index (χ4n) is 4.50. The normalized spacial score (nSPS) is 16.2. The second kappa shape index (κ2) is 8.63. The van der Waals surface area contributed by atoms with Crippen LogP contribution < -0.4 is 5.32 Å². The summed E-state index contributed by atoms with van der Waals surface area (Å²) in [5, 5.41) is 2.88. The van der Waals surface area contributed by atoms with Crippen molar-refractivity contribution in [3.8, 4) is 11.1 Å². The Kier molecular flexibility index (Phi) is 6.35. The molecule has 4 nitrogen and oxygen atoms in total. The largest absolute Gasteiger partial charge is 0.359 e. The van der Waals surface area contributed by atoms with E-state index >= 15 is 0 Å². The first-order chi connectivity index (χ1) is 14.2. The number of amides is 2. The Balaban J connectivity index is 1.84. The molecule has 1 heterocycles. The summed E-state index contributed by atoms with van der Waals surface area (Å²) in [6.45, 7) is 9.23. The molecule has 0 unspecified atom stereocenters. The SMILES string of the molecule is CNC(=O)C1(Cc2cccc(-c3ccccc3C)c2)CCN(C(=O)C(C)(C)C)CC1. The fourth-order valence-corrected chi connectivity index (χ4v) is 4.50. The molecule has 0 bridgehead atoms. The van der Waals surface area contributed by atoms with Crippen LogP contribution in [0.2, 0.25) is 0 Å². The van der Waals surface area contributed by atoms with Gasteiger partial charge in [0.2, 0.25) is 11.8 Å². The van der Waals surface area contributed by atoms with Gasteiger partial charge < -0.3 is 10.2 Å². The van der Waals surface area contributed by atoms with E-state index in [9.17, 15) is 9.59 Å². The van der Waals surface area contributed by atoms with E-state index in [2.05, 4.69) is 60.8 Å². The van der Waals surface area contributed by atoms with E-state index in [0.29, 0.717) is 32.4 Å². The highest BCUT2D eigenvalue weighted by Gasteiger charge is 2.43. The molecule has 0 aliphatic carbocycles. The molecule has 1 aliphatic heterocycles. The number of piperidine rings is 1. The molecular weight excluding hydrogens is 372 g/mol. The predicted octanol–water partition coefficient (Wildman–Crippen LogP) is 4.61. The number of rotatable bonds is 4. The minimum atomic E-state index is -0.478. The molecule has 1 fully saturated rings. The van der Waals surface area contributed by atoms with Gasteiger partial charge in [-0.15, -0.1) is 0 Å². The predicted molar refractivity (Wildman–Crippen MR) is 122 cm³/mol. The highest BCUT2D eigenvalue weighted by molar-refractivity contribution is 5.85. The van der Waals surface area contributed by atoms with Crippen LogP contribution in [0.15, 0.2) is 48.5 Å². The monoisotopic (exact) mass is 406 g/mol. The van der Waals surface area contributed by atoms with Gasteiger partial charge in [-0.2, -0.15) is 0 Å². The maximum Gasteiger partial charge on any atom is 0.227 e. The molecule has 0 spiro atoms. The number of aryl methyl sites for hydroxylation is 1. The summed E-state index contributed by atoms with van der Waals surface area (Å²) in [7, 11) is 1.71. The Hall–Kier alpha value is -2.62. The fraction of sp³-hybridized carbons (Fsp3) is 0.462. The molecule has 160 valence electrons. The van der Waals surface area contributed by atoms with Crippen LogP contribution in [0, 0.1) is 17.8 Å². The number of benzene rings is 2. The number of nitrogens with one attached hydrogen (secondary N) is 1. The average molecular weight is 407 g/mol. The van der Waals surface area contributed by atoms with E-state index in [-0.39, 0.29) is 11.8 Å². The van der Waals surface area contributed by atoms with E-state index in [1.54, 1.807) is 7.05 Å². The number of hydrogen-bond acceptors (Lipinski definition) is 2. The van der Waals surface area contributed by atoms with E-state index < -0.39 is 10.8 Å². The van der Waals surface area contributed by atoms with Crippen molar-refractivity contribution in [2.75, 3.05) is 20.1 Å². The summed E-state index contributed by atoms with van der Waals surface area (Å²) >= 11 is 0. The summed E-state index contributed by atoms with van der Waals surface area (Å²) in [6, 6.07) is 16.9. The van der Waals surface area contributed by atoms with Crippen LogP contribution in [0.3, 0.4) is 0 Å². The lowest BCUT2D eigenvalue weighted by molar-refractivity contribution is -0.145. The van der Waals surface area contributed by atoms with Crippen molar-refractivity contribution in [3.63, 3.8) is 0 Å². The van der Waals surface area contributed by atoms with Crippen molar-refractivity contribution in [2.24, 2.45) is 10.8 Å². The molecule has 1 saturated heterocycles. The zero-order chi connectivity index (χ0) is 21.9. The number of carbonyl (C=O) groups excluding carboxylic acids is 2. The van der Waals surface area contributed by atoms with E-state index in [0.717, 1.165) is 5.56 Å². The van der Waals surface area contributed by atoms with Crippen molar-refractivity contribution >= 4 is 11.8 Å². The molecule has 1 N–H and O–H groups in total. The minimum absolute atomic E-state index is 0.0756. The number of carbonyl (C=O) groups is 2. The van der Waals surface area contributed by atoms with Crippen LogP contribution in [0.4, 0.5) is 0 Å². The van der Waals surface area contributed by atoms with Crippen molar-refractivity contribution in [1.29, 1.82) is 0 Å². The molecule has 3 rings (SSSR count). The molecule has 0 saturated carbocycles. The topological polar surface area (TPSA) is 49.4 Å². The van der Waals surface area contributed by atoms with Crippen molar-refractivity contribution in [1.82, 2.24) is 10.2 Å².